The van der Waals surface area contributed by atoms with Crippen LogP contribution in [0.3, 0.4) is 0 Å². The van der Waals surface area contributed by atoms with Crippen molar-refractivity contribution in [2.45, 2.75) is 111 Å². The Kier molecular flexibility index (Phi) is 7.41. The minimum absolute atomic E-state index is 0.0329. The number of hydrogen-bond acceptors (Lipinski definition) is 2. The van der Waals surface area contributed by atoms with E-state index in [0.29, 0.717) is 10.8 Å². The summed E-state index contributed by atoms with van der Waals surface area (Å²) in [5.41, 5.74) is 2.44. The highest BCUT2D eigenvalue weighted by Crippen LogP contribution is 2.67. The molecule has 0 aromatic heterocycles. The zero-order chi connectivity index (χ0) is 23.1. The molecule has 0 radical (unpaired) electrons. The lowest BCUT2D eigenvalue weighted by atomic mass is 9.47. The van der Waals surface area contributed by atoms with Gasteiger partial charge in [0.15, 0.2) is 0 Å². The molecule has 2 nitrogen and oxygen atoms in total. The van der Waals surface area contributed by atoms with Gasteiger partial charge in [-0.25, -0.2) is 0 Å². The molecule has 0 spiro atoms. The van der Waals surface area contributed by atoms with E-state index in [1.54, 1.807) is 5.57 Å². The predicted octanol–water partition coefficient (Wildman–Crippen LogP) is 8.18. The zero-order valence-corrected chi connectivity index (χ0v) is 22.1. The lowest BCUT2D eigenvalue weighted by Crippen LogP contribution is -2.51. The molecule has 8 atom stereocenters. The highest BCUT2D eigenvalue weighted by Gasteiger charge is 2.59. The normalized spacial score (nSPS) is 42.0. The maximum absolute atomic E-state index is 11.7. The van der Waals surface area contributed by atoms with Crippen molar-refractivity contribution in [3.05, 3.63) is 11.6 Å². The first-order valence-electron chi connectivity index (χ1n) is 13.6. The second kappa shape index (κ2) is 9.63. The van der Waals surface area contributed by atoms with E-state index in [1.165, 1.54) is 57.8 Å². The fourth-order valence-corrected chi connectivity index (χ4v) is 9.03. The largest absolute Gasteiger partial charge is 0.461 e. The van der Waals surface area contributed by atoms with E-state index in [-0.39, 0.29) is 18.0 Å². The Hall–Kier alpha value is -0.500. The van der Waals surface area contributed by atoms with Crippen LogP contribution < -0.4 is 0 Å². The van der Waals surface area contributed by atoms with Gasteiger partial charge in [0, 0.05) is 6.42 Å². The quantitative estimate of drug-likeness (QED) is 0.216. The molecule has 0 aromatic carbocycles. The van der Waals surface area contributed by atoms with Gasteiger partial charge >= 0.3 is 5.97 Å². The summed E-state index contributed by atoms with van der Waals surface area (Å²) in [6.07, 6.45) is 16.9. The van der Waals surface area contributed by atoms with Crippen LogP contribution in [0.5, 0.6) is 0 Å². The van der Waals surface area contributed by atoms with Crippen LogP contribution in [0.4, 0.5) is 0 Å². The van der Waals surface area contributed by atoms with Gasteiger partial charge in [-0.3, -0.25) is 4.79 Å². The van der Waals surface area contributed by atoms with E-state index in [9.17, 15) is 4.79 Å². The van der Waals surface area contributed by atoms with Crippen LogP contribution in [0.2, 0.25) is 0 Å². The fourth-order valence-electron chi connectivity index (χ4n) is 8.97. The number of hydrogen-bond donors (Lipinski definition) is 0. The van der Waals surface area contributed by atoms with Gasteiger partial charge in [0.2, 0.25) is 0 Å². The van der Waals surface area contributed by atoms with Crippen molar-refractivity contribution in [1.82, 2.24) is 0 Å². The van der Waals surface area contributed by atoms with Crippen LogP contribution in [0.15, 0.2) is 11.6 Å². The molecule has 3 saturated carbocycles. The van der Waals surface area contributed by atoms with Crippen LogP contribution in [0.25, 0.3) is 0 Å². The number of fused-ring (bicyclic) bond motifs is 5. The van der Waals surface area contributed by atoms with Gasteiger partial charge in [0.1, 0.15) is 12.0 Å². The summed E-state index contributed by atoms with van der Waals surface area (Å²) in [4.78, 5) is 11.7. The van der Waals surface area contributed by atoms with Gasteiger partial charge in [-0.1, -0.05) is 65.5 Å². The van der Waals surface area contributed by atoms with Crippen molar-refractivity contribution >= 4 is 17.6 Å². The molecule has 32 heavy (non-hydrogen) atoms. The summed E-state index contributed by atoms with van der Waals surface area (Å²) in [6.45, 7) is 12.5. The molecule has 0 heterocycles. The van der Waals surface area contributed by atoms with Crippen molar-refractivity contribution in [3.8, 4) is 0 Å². The first-order valence-corrected chi connectivity index (χ1v) is 14.2. The molecule has 3 heteroatoms. The SMILES string of the molecule is CC(C)CCC[C@H](C)[C@H]1CC[C@H]2[C@H]3CC=C4C[C@@H](OC(=O)CCl)CC[C@]4(C)[C@@H]3CC[C@]12C. The Morgan fingerprint density at radius 3 is 2.59 bits per heavy atom. The van der Waals surface area contributed by atoms with Gasteiger partial charge in [0.25, 0.3) is 0 Å². The predicted molar refractivity (Wildman–Crippen MR) is 134 cm³/mol. The van der Waals surface area contributed by atoms with Gasteiger partial charge in [-0.05, 0) is 91.3 Å². The number of carbonyl (C=O) groups excluding carboxylic acids is 1. The van der Waals surface area contributed by atoms with Crippen molar-refractivity contribution in [2.75, 3.05) is 5.88 Å². The topological polar surface area (TPSA) is 26.3 Å². The van der Waals surface area contributed by atoms with Crippen LogP contribution in [0, 0.1) is 46.3 Å². The molecular formula is C29H47ClO2. The third-order valence-electron chi connectivity index (χ3n) is 10.7. The summed E-state index contributed by atoms with van der Waals surface area (Å²) >= 11 is 5.68. The lowest BCUT2D eigenvalue weighted by molar-refractivity contribution is -0.148. The van der Waals surface area contributed by atoms with Crippen LogP contribution in [-0.2, 0) is 9.53 Å². The van der Waals surface area contributed by atoms with Crippen molar-refractivity contribution in [1.29, 1.82) is 0 Å². The van der Waals surface area contributed by atoms with Crippen molar-refractivity contribution < 1.29 is 9.53 Å². The van der Waals surface area contributed by atoms with E-state index in [2.05, 4.69) is 40.7 Å². The molecule has 0 saturated heterocycles. The van der Waals surface area contributed by atoms with E-state index in [0.717, 1.165) is 48.3 Å². The Morgan fingerprint density at radius 1 is 1.09 bits per heavy atom. The number of rotatable bonds is 7. The Bertz CT molecular complexity index is 714. The average Bonchev–Trinajstić information content (AvgIpc) is 3.11. The molecule has 0 bridgehead atoms. The molecular weight excluding hydrogens is 416 g/mol. The fraction of sp³-hybridized carbons (Fsp3) is 0.897. The molecule has 4 rings (SSSR count). The minimum atomic E-state index is -0.262. The molecule has 0 amide bonds. The van der Waals surface area contributed by atoms with Crippen molar-refractivity contribution in [3.63, 3.8) is 0 Å². The summed E-state index contributed by atoms with van der Waals surface area (Å²) < 4.78 is 5.63. The first kappa shape index (κ1) is 24.6. The third-order valence-corrected chi connectivity index (χ3v) is 10.9. The van der Waals surface area contributed by atoms with E-state index >= 15 is 0 Å². The number of ether oxygens (including phenoxy) is 1. The highest BCUT2D eigenvalue weighted by atomic mass is 35.5. The first-order chi connectivity index (χ1) is 15.2. The standard InChI is InChI=1S/C29H47ClO2/c1-19(2)7-6-8-20(3)24-11-12-25-23-10-9-21-17-22(32-27(31)18-30)13-15-28(21,4)26(23)14-16-29(24,25)5/h9,19-20,22-26H,6-8,10-18H2,1-5H3/t20-,22-,23+,24+,25-,26+,28-,29+/m0/s1. The molecule has 4 aliphatic carbocycles. The molecule has 4 aliphatic rings. The molecule has 3 fully saturated rings. The summed E-state index contributed by atoms with van der Waals surface area (Å²) in [5, 5.41) is 0. The molecule has 182 valence electrons. The monoisotopic (exact) mass is 462 g/mol. The number of carbonyl (C=O) groups is 1. The van der Waals surface area contributed by atoms with E-state index in [4.69, 9.17) is 16.3 Å². The maximum atomic E-state index is 11.7. The molecule has 0 N–H and O–H groups in total. The smallest absolute Gasteiger partial charge is 0.321 e. The number of esters is 1. The second-order valence-electron chi connectivity index (χ2n) is 12.8. The van der Waals surface area contributed by atoms with Crippen LogP contribution in [-0.4, -0.2) is 18.0 Å². The average molecular weight is 463 g/mol. The van der Waals surface area contributed by atoms with Gasteiger partial charge in [-0.15, -0.1) is 11.6 Å². The van der Waals surface area contributed by atoms with Gasteiger partial charge < -0.3 is 4.74 Å². The Balaban J connectivity index is 1.45. The summed E-state index contributed by atoms with van der Waals surface area (Å²) in [7, 11) is 0. The van der Waals surface area contributed by atoms with E-state index in [1.807, 2.05) is 0 Å². The van der Waals surface area contributed by atoms with Crippen molar-refractivity contribution in [2.24, 2.45) is 46.3 Å². The maximum Gasteiger partial charge on any atom is 0.321 e. The van der Waals surface area contributed by atoms with Gasteiger partial charge in [-0.2, -0.15) is 0 Å². The minimum Gasteiger partial charge on any atom is -0.461 e. The molecule has 0 aromatic rings. The Labute approximate surface area is 202 Å². The van der Waals surface area contributed by atoms with Crippen LogP contribution in [0.1, 0.15) is 105 Å². The number of alkyl halides is 1. The van der Waals surface area contributed by atoms with Gasteiger partial charge in [0.05, 0.1) is 0 Å². The molecule has 0 aliphatic heterocycles. The Morgan fingerprint density at radius 2 is 1.88 bits per heavy atom. The lowest BCUT2D eigenvalue weighted by Gasteiger charge is -2.58. The number of allylic oxidation sites excluding steroid dienone is 1. The third kappa shape index (κ3) is 4.44. The molecule has 0 unspecified atom stereocenters. The number of halogens is 1. The summed E-state index contributed by atoms with van der Waals surface area (Å²) in [5.74, 6) is 4.92. The highest BCUT2D eigenvalue weighted by molar-refractivity contribution is 6.26. The summed E-state index contributed by atoms with van der Waals surface area (Å²) in [6, 6.07) is 0. The second-order valence-corrected chi connectivity index (χ2v) is 13.0. The van der Waals surface area contributed by atoms with E-state index < -0.39 is 0 Å². The zero-order valence-electron chi connectivity index (χ0n) is 21.3. The van der Waals surface area contributed by atoms with Crippen LogP contribution >= 0.6 is 11.6 Å².